The van der Waals surface area contributed by atoms with Crippen molar-refractivity contribution in [2.45, 2.75) is 45.3 Å². The molecule has 0 amide bonds. The molecule has 76 valence electrons. The minimum Gasteiger partial charge on any atom is -0.392 e. The Morgan fingerprint density at radius 3 is 2.77 bits per heavy atom. The van der Waals surface area contributed by atoms with Crippen molar-refractivity contribution >= 4 is 0 Å². The third kappa shape index (κ3) is 3.92. The zero-order valence-electron chi connectivity index (χ0n) is 8.66. The molecule has 0 saturated carbocycles. The summed E-state index contributed by atoms with van der Waals surface area (Å²) in [5.74, 6) is 0.770. The molecule has 0 aromatic heterocycles. The standard InChI is InChI=1S/C11H21NO/c1-9(10(2)13)12-8-11-6-4-3-5-7-11/h3-4,9-13H,5-8H2,1-2H3. The monoisotopic (exact) mass is 183 g/mol. The first-order chi connectivity index (χ1) is 6.20. The first-order valence-corrected chi connectivity index (χ1v) is 5.26. The van der Waals surface area contributed by atoms with E-state index in [0.717, 1.165) is 12.5 Å². The lowest BCUT2D eigenvalue weighted by molar-refractivity contribution is 0.149. The zero-order valence-corrected chi connectivity index (χ0v) is 8.66. The first-order valence-electron chi connectivity index (χ1n) is 5.26. The molecule has 1 rings (SSSR count). The van der Waals surface area contributed by atoms with Gasteiger partial charge >= 0.3 is 0 Å². The van der Waals surface area contributed by atoms with E-state index in [1.807, 2.05) is 13.8 Å². The molecule has 0 spiro atoms. The van der Waals surface area contributed by atoms with E-state index in [4.69, 9.17) is 0 Å². The highest BCUT2D eigenvalue weighted by atomic mass is 16.3. The van der Waals surface area contributed by atoms with Gasteiger partial charge in [-0.3, -0.25) is 0 Å². The van der Waals surface area contributed by atoms with Gasteiger partial charge in [-0.25, -0.2) is 0 Å². The van der Waals surface area contributed by atoms with Gasteiger partial charge in [0.15, 0.2) is 0 Å². The third-order valence-electron chi connectivity index (χ3n) is 2.83. The van der Waals surface area contributed by atoms with Crippen molar-refractivity contribution in [3.63, 3.8) is 0 Å². The second kappa shape index (κ2) is 5.40. The lowest BCUT2D eigenvalue weighted by Gasteiger charge is -2.22. The van der Waals surface area contributed by atoms with E-state index in [0.29, 0.717) is 0 Å². The number of hydrogen-bond donors (Lipinski definition) is 2. The Labute approximate surface area is 81.0 Å². The van der Waals surface area contributed by atoms with E-state index in [2.05, 4.69) is 17.5 Å². The van der Waals surface area contributed by atoms with E-state index >= 15 is 0 Å². The van der Waals surface area contributed by atoms with Crippen molar-refractivity contribution in [2.24, 2.45) is 5.92 Å². The van der Waals surface area contributed by atoms with E-state index in [-0.39, 0.29) is 12.1 Å². The maximum Gasteiger partial charge on any atom is 0.0662 e. The van der Waals surface area contributed by atoms with Crippen LogP contribution in [0.15, 0.2) is 12.2 Å². The Morgan fingerprint density at radius 1 is 1.46 bits per heavy atom. The van der Waals surface area contributed by atoms with Crippen molar-refractivity contribution < 1.29 is 5.11 Å². The van der Waals surface area contributed by atoms with Gasteiger partial charge in [0.05, 0.1) is 6.10 Å². The summed E-state index contributed by atoms with van der Waals surface area (Å²) in [6.45, 7) is 4.90. The second-order valence-electron chi connectivity index (χ2n) is 4.09. The van der Waals surface area contributed by atoms with Crippen LogP contribution in [-0.4, -0.2) is 23.8 Å². The minimum atomic E-state index is -0.251. The highest BCUT2D eigenvalue weighted by Gasteiger charge is 2.12. The van der Waals surface area contributed by atoms with Gasteiger partial charge < -0.3 is 10.4 Å². The van der Waals surface area contributed by atoms with Crippen molar-refractivity contribution in [3.8, 4) is 0 Å². The minimum absolute atomic E-state index is 0.214. The number of allylic oxidation sites excluding steroid dienone is 2. The summed E-state index contributed by atoms with van der Waals surface area (Å²) in [5, 5.41) is 12.6. The van der Waals surface area contributed by atoms with Gasteiger partial charge in [0.1, 0.15) is 0 Å². The SMILES string of the molecule is CC(O)C(C)NCC1CC=CCC1. The van der Waals surface area contributed by atoms with Gasteiger partial charge in [0.2, 0.25) is 0 Å². The Kier molecular flexibility index (Phi) is 4.46. The summed E-state index contributed by atoms with van der Waals surface area (Å²) >= 11 is 0. The molecule has 3 atom stereocenters. The number of rotatable bonds is 4. The summed E-state index contributed by atoms with van der Waals surface area (Å²) in [4.78, 5) is 0. The summed E-state index contributed by atoms with van der Waals surface area (Å²) in [5.41, 5.74) is 0. The molecule has 1 aliphatic rings. The predicted octanol–water partition coefficient (Wildman–Crippen LogP) is 1.70. The summed E-state index contributed by atoms with van der Waals surface area (Å²) in [6, 6.07) is 0.214. The van der Waals surface area contributed by atoms with Crippen LogP contribution in [0.2, 0.25) is 0 Å². The van der Waals surface area contributed by atoms with E-state index in [1.165, 1.54) is 19.3 Å². The maximum atomic E-state index is 9.27. The average Bonchev–Trinajstić information content (AvgIpc) is 2.15. The quantitative estimate of drug-likeness (QED) is 0.650. The Hall–Kier alpha value is -0.340. The average molecular weight is 183 g/mol. The highest BCUT2D eigenvalue weighted by Crippen LogP contribution is 2.17. The summed E-state index contributed by atoms with van der Waals surface area (Å²) < 4.78 is 0. The molecule has 0 aliphatic heterocycles. The van der Waals surface area contributed by atoms with Gasteiger partial charge in [0.25, 0.3) is 0 Å². The van der Waals surface area contributed by atoms with Gasteiger partial charge in [-0.1, -0.05) is 12.2 Å². The van der Waals surface area contributed by atoms with Crippen LogP contribution in [-0.2, 0) is 0 Å². The number of hydrogen-bond acceptors (Lipinski definition) is 2. The van der Waals surface area contributed by atoms with Crippen LogP contribution in [0.5, 0.6) is 0 Å². The molecule has 2 nitrogen and oxygen atoms in total. The molecule has 0 fully saturated rings. The molecular weight excluding hydrogens is 162 g/mol. The van der Waals surface area contributed by atoms with E-state index < -0.39 is 0 Å². The normalized spacial score (nSPS) is 27.2. The molecule has 0 aromatic carbocycles. The molecule has 0 radical (unpaired) electrons. The van der Waals surface area contributed by atoms with Crippen LogP contribution in [0.25, 0.3) is 0 Å². The highest BCUT2D eigenvalue weighted by molar-refractivity contribution is 4.90. The van der Waals surface area contributed by atoms with Gasteiger partial charge in [-0.2, -0.15) is 0 Å². The van der Waals surface area contributed by atoms with Crippen molar-refractivity contribution in [2.75, 3.05) is 6.54 Å². The topological polar surface area (TPSA) is 32.3 Å². The second-order valence-corrected chi connectivity index (χ2v) is 4.09. The van der Waals surface area contributed by atoms with Crippen molar-refractivity contribution in [1.29, 1.82) is 0 Å². The molecule has 2 heteroatoms. The smallest absolute Gasteiger partial charge is 0.0662 e. The zero-order chi connectivity index (χ0) is 9.68. The molecule has 2 N–H and O–H groups in total. The van der Waals surface area contributed by atoms with Crippen molar-refractivity contribution in [1.82, 2.24) is 5.32 Å². The number of aliphatic hydroxyl groups is 1. The molecular formula is C11H21NO. The lowest BCUT2D eigenvalue weighted by atomic mass is 9.94. The fraction of sp³-hybridized carbons (Fsp3) is 0.818. The van der Waals surface area contributed by atoms with Gasteiger partial charge in [-0.15, -0.1) is 0 Å². The summed E-state index contributed by atoms with van der Waals surface area (Å²) in [6.07, 6.45) is 7.97. The molecule has 0 aromatic rings. The number of nitrogens with one attached hydrogen (secondary N) is 1. The molecule has 0 saturated heterocycles. The molecule has 0 bridgehead atoms. The Morgan fingerprint density at radius 2 is 2.23 bits per heavy atom. The van der Waals surface area contributed by atoms with Gasteiger partial charge in [0, 0.05) is 6.04 Å². The van der Waals surface area contributed by atoms with Crippen LogP contribution < -0.4 is 5.32 Å². The molecule has 1 aliphatic carbocycles. The van der Waals surface area contributed by atoms with Crippen LogP contribution in [0.1, 0.15) is 33.1 Å². The molecule has 13 heavy (non-hydrogen) atoms. The largest absolute Gasteiger partial charge is 0.392 e. The predicted molar refractivity (Wildman–Crippen MR) is 55.6 cm³/mol. The maximum absolute atomic E-state index is 9.27. The Bertz CT molecular complexity index is 165. The van der Waals surface area contributed by atoms with E-state index in [9.17, 15) is 5.11 Å². The van der Waals surface area contributed by atoms with Crippen LogP contribution in [0.3, 0.4) is 0 Å². The Balaban J connectivity index is 2.14. The fourth-order valence-electron chi connectivity index (χ4n) is 1.56. The molecule has 3 unspecified atom stereocenters. The van der Waals surface area contributed by atoms with Crippen LogP contribution >= 0.6 is 0 Å². The first kappa shape index (κ1) is 10.7. The molecule has 0 heterocycles. The fourth-order valence-corrected chi connectivity index (χ4v) is 1.56. The van der Waals surface area contributed by atoms with Gasteiger partial charge in [-0.05, 0) is 45.6 Å². The summed E-state index contributed by atoms with van der Waals surface area (Å²) in [7, 11) is 0. The number of aliphatic hydroxyl groups excluding tert-OH is 1. The van der Waals surface area contributed by atoms with Crippen molar-refractivity contribution in [3.05, 3.63) is 12.2 Å². The van der Waals surface area contributed by atoms with E-state index in [1.54, 1.807) is 0 Å². The lowest BCUT2D eigenvalue weighted by Crippen LogP contribution is -2.38. The van der Waals surface area contributed by atoms with Crippen LogP contribution in [0, 0.1) is 5.92 Å². The van der Waals surface area contributed by atoms with Crippen LogP contribution in [0.4, 0.5) is 0 Å². The third-order valence-corrected chi connectivity index (χ3v) is 2.83.